The van der Waals surface area contributed by atoms with Crippen LogP contribution in [0.5, 0.6) is 0 Å². The second-order valence-corrected chi connectivity index (χ2v) is 4.78. The summed E-state index contributed by atoms with van der Waals surface area (Å²) in [4.78, 5) is 4.41. The fraction of sp³-hybridized carbons (Fsp3) is 0.846. The van der Waals surface area contributed by atoms with Gasteiger partial charge in [-0.05, 0) is 26.7 Å². The summed E-state index contributed by atoms with van der Waals surface area (Å²) in [6.07, 6.45) is 3.47. The van der Waals surface area contributed by atoms with Gasteiger partial charge < -0.3 is 15.0 Å². The van der Waals surface area contributed by atoms with Crippen molar-refractivity contribution in [1.29, 1.82) is 0 Å². The SMILES string of the molecule is CCCC(N)Cc1nc(C(C)(CC)OCC)no1. The fourth-order valence-corrected chi connectivity index (χ4v) is 1.89. The van der Waals surface area contributed by atoms with Gasteiger partial charge in [0.1, 0.15) is 5.60 Å². The van der Waals surface area contributed by atoms with E-state index >= 15 is 0 Å². The van der Waals surface area contributed by atoms with E-state index in [-0.39, 0.29) is 6.04 Å². The van der Waals surface area contributed by atoms with E-state index in [2.05, 4.69) is 24.0 Å². The molecule has 0 amide bonds. The fourth-order valence-electron chi connectivity index (χ4n) is 1.89. The summed E-state index contributed by atoms with van der Waals surface area (Å²) in [6, 6.07) is 0.0864. The molecule has 0 aliphatic carbocycles. The highest BCUT2D eigenvalue weighted by Crippen LogP contribution is 2.26. The molecule has 0 saturated heterocycles. The first kappa shape index (κ1) is 15.1. The van der Waals surface area contributed by atoms with E-state index in [0.717, 1.165) is 19.3 Å². The van der Waals surface area contributed by atoms with Crippen molar-refractivity contribution in [2.45, 2.75) is 65.0 Å². The molecular formula is C13H25N3O2. The molecule has 1 aromatic heterocycles. The minimum atomic E-state index is -0.467. The number of nitrogens with zero attached hydrogens (tertiary/aromatic N) is 2. The second-order valence-electron chi connectivity index (χ2n) is 4.78. The van der Waals surface area contributed by atoms with Crippen molar-refractivity contribution >= 4 is 0 Å². The maximum Gasteiger partial charge on any atom is 0.228 e. The summed E-state index contributed by atoms with van der Waals surface area (Å²) < 4.78 is 11.0. The number of hydrogen-bond donors (Lipinski definition) is 1. The zero-order chi connectivity index (χ0) is 13.6. The highest BCUT2D eigenvalue weighted by molar-refractivity contribution is 5.00. The van der Waals surface area contributed by atoms with Crippen LogP contribution in [0.15, 0.2) is 4.52 Å². The summed E-state index contributed by atoms with van der Waals surface area (Å²) >= 11 is 0. The summed E-state index contributed by atoms with van der Waals surface area (Å²) in [5.41, 5.74) is 5.50. The first-order chi connectivity index (χ1) is 8.55. The third kappa shape index (κ3) is 3.78. The number of rotatable bonds is 8. The Labute approximate surface area is 109 Å². The quantitative estimate of drug-likeness (QED) is 0.772. The molecule has 18 heavy (non-hydrogen) atoms. The Kier molecular flexibility index (Phi) is 5.75. The Morgan fingerprint density at radius 1 is 1.39 bits per heavy atom. The van der Waals surface area contributed by atoms with Crippen molar-refractivity contribution in [3.05, 3.63) is 11.7 Å². The van der Waals surface area contributed by atoms with Gasteiger partial charge >= 0.3 is 0 Å². The normalized spacial score (nSPS) is 16.5. The van der Waals surface area contributed by atoms with Crippen LogP contribution in [-0.4, -0.2) is 22.8 Å². The average molecular weight is 255 g/mol. The molecule has 0 aliphatic heterocycles. The van der Waals surface area contributed by atoms with Crippen LogP contribution in [0.4, 0.5) is 0 Å². The molecule has 5 heteroatoms. The van der Waals surface area contributed by atoms with Crippen molar-refractivity contribution in [2.24, 2.45) is 5.73 Å². The monoisotopic (exact) mass is 255 g/mol. The summed E-state index contributed by atoms with van der Waals surface area (Å²) in [5, 5.41) is 4.02. The van der Waals surface area contributed by atoms with Gasteiger partial charge in [0.15, 0.2) is 0 Å². The number of hydrogen-bond acceptors (Lipinski definition) is 5. The minimum absolute atomic E-state index is 0.0864. The maximum atomic E-state index is 5.97. The lowest BCUT2D eigenvalue weighted by molar-refractivity contribution is -0.0403. The molecule has 0 bridgehead atoms. The highest BCUT2D eigenvalue weighted by Gasteiger charge is 2.30. The molecule has 0 fully saturated rings. The Morgan fingerprint density at radius 2 is 2.11 bits per heavy atom. The van der Waals surface area contributed by atoms with Gasteiger partial charge in [0, 0.05) is 19.1 Å². The highest BCUT2D eigenvalue weighted by atomic mass is 16.5. The van der Waals surface area contributed by atoms with Crippen LogP contribution in [0, 0.1) is 0 Å². The molecule has 2 unspecified atom stereocenters. The van der Waals surface area contributed by atoms with Gasteiger partial charge in [-0.25, -0.2) is 0 Å². The smallest absolute Gasteiger partial charge is 0.228 e. The predicted octanol–water partition coefficient (Wildman–Crippen LogP) is 2.40. The van der Waals surface area contributed by atoms with Gasteiger partial charge in [-0.15, -0.1) is 0 Å². The Hall–Kier alpha value is -0.940. The molecule has 1 heterocycles. The lowest BCUT2D eigenvalue weighted by atomic mass is 10.0. The van der Waals surface area contributed by atoms with Crippen LogP contribution in [-0.2, 0) is 16.8 Å². The van der Waals surface area contributed by atoms with Crippen LogP contribution in [0.2, 0.25) is 0 Å². The number of aromatic nitrogens is 2. The van der Waals surface area contributed by atoms with Crippen molar-refractivity contribution in [2.75, 3.05) is 6.61 Å². The van der Waals surface area contributed by atoms with Crippen LogP contribution in [0.3, 0.4) is 0 Å². The standard InChI is InChI=1S/C13H25N3O2/c1-5-8-10(14)9-11-15-12(16-18-11)13(4,6-2)17-7-3/h10H,5-9,14H2,1-4H3. The van der Waals surface area contributed by atoms with E-state index in [0.29, 0.717) is 24.7 Å². The van der Waals surface area contributed by atoms with E-state index in [9.17, 15) is 0 Å². The molecule has 104 valence electrons. The largest absolute Gasteiger partial charge is 0.367 e. The van der Waals surface area contributed by atoms with E-state index in [4.69, 9.17) is 15.0 Å². The van der Waals surface area contributed by atoms with Crippen molar-refractivity contribution in [1.82, 2.24) is 10.1 Å². The molecule has 0 spiro atoms. The first-order valence-electron chi connectivity index (χ1n) is 6.78. The third-order valence-electron chi connectivity index (χ3n) is 3.17. The zero-order valence-electron chi connectivity index (χ0n) is 11.9. The molecule has 0 radical (unpaired) electrons. The minimum Gasteiger partial charge on any atom is -0.367 e. The lowest BCUT2D eigenvalue weighted by Crippen LogP contribution is -2.27. The first-order valence-corrected chi connectivity index (χ1v) is 6.78. The molecular weight excluding hydrogens is 230 g/mol. The van der Waals surface area contributed by atoms with Gasteiger partial charge in [-0.1, -0.05) is 25.4 Å². The average Bonchev–Trinajstić information content (AvgIpc) is 2.78. The van der Waals surface area contributed by atoms with E-state index in [1.165, 1.54) is 0 Å². The summed E-state index contributed by atoms with van der Waals surface area (Å²) in [5.74, 6) is 1.22. The molecule has 1 rings (SSSR count). The molecule has 0 aliphatic rings. The third-order valence-corrected chi connectivity index (χ3v) is 3.17. The van der Waals surface area contributed by atoms with E-state index < -0.39 is 5.60 Å². The van der Waals surface area contributed by atoms with Crippen molar-refractivity contribution in [3.8, 4) is 0 Å². The predicted molar refractivity (Wildman–Crippen MR) is 70.2 cm³/mol. The number of ether oxygens (including phenoxy) is 1. The molecule has 0 saturated carbocycles. The van der Waals surface area contributed by atoms with Crippen molar-refractivity contribution < 1.29 is 9.26 Å². The topological polar surface area (TPSA) is 74.2 Å². The van der Waals surface area contributed by atoms with E-state index in [1.54, 1.807) is 0 Å². The van der Waals surface area contributed by atoms with Gasteiger partial charge in [0.2, 0.25) is 11.7 Å². The van der Waals surface area contributed by atoms with Crippen LogP contribution < -0.4 is 5.73 Å². The Bertz CT molecular complexity index is 354. The lowest BCUT2D eigenvalue weighted by Gasteiger charge is -2.23. The second kappa shape index (κ2) is 6.85. The van der Waals surface area contributed by atoms with E-state index in [1.807, 2.05) is 13.8 Å². The van der Waals surface area contributed by atoms with Gasteiger partial charge in [0.25, 0.3) is 0 Å². The maximum absolute atomic E-state index is 5.97. The molecule has 5 nitrogen and oxygen atoms in total. The van der Waals surface area contributed by atoms with Gasteiger partial charge in [0.05, 0.1) is 0 Å². The summed E-state index contributed by atoms with van der Waals surface area (Å²) in [7, 11) is 0. The molecule has 2 atom stereocenters. The van der Waals surface area contributed by atoms with Gasteiger partial charge in [-0.2, -0.15) is 4.98 Å². The van der Waals surface area contributed by atoms with Crippen LogP contribution in [0.25, 0.3) is 0 Å². The van der Waals surface area contributed by atoms with Crippen molar-refractivity contribution in [3.63, 3.8) is 0 Å². The molecule has 1 aromatic rings. The molecule has 0 aromatic carbocycles. The Morgan fingerprint density at radius 3 is 2.67 bits per heavy atom. The molecule has 2 N–H and O–H groups in total. The van der Waals surface area contributed by atoms with Gasteiger partial charge in [-0.3, -0.25) is 0 Å². The Balaban J connectivity index is 2.72. The van der Waals surface area contributed by atoms with Crippen LogP contribution >= 0.6 is 0 Å². The zero-order valence-corrected chi connectivity index (χ0v) is 11.9. The number of nitrogens with two attached hydrogens (primary N) is 1. The van der Waals surface area contributed by atoms with Crippen LogP contribution in [0.1, 0.15) is 58.7 Å². The summed E-state index contributed by atoms with van der Waals surface area (Å²) in [6.45, 7) is 8.74.